The second-order valence-corrected chi connectivity index (χ2v) is 7.09. The number of amidine groups is 1. The molecule has 1 atom stereocenters. The second-order valence-electron chi connectivity index (χ2n) is 6.08. The molecule has 0 radical (unpaired) electrons. The third kappa shape index (κ3) is 2.93. The van der Waals surface area contributed by atoms with Crippen LogP contribution in [0.25, 0.3) is 5.70 Å². The summed E-state index contributed by atoms with van der Waals surface area (Å²) in [5.74, 6) is 0.511. The van der Waals surface area contributed by atoms with E-state index in [2.05, 4.69) is 17.0 Å². The van der Waals surface area contributed by atoms with Crippen LogP contribution in [0.4, 0.5) is 0 Å². The molecule has 5 nitrogen and oxygen atoms in total. The molecule has 2 aliphatic heterocycles. The summed E-state index contributed by atoms with van der Waals surface area (Å²) in [5.41, 5.74) is 2.70. The summed E-state index contributed by atoms with van der Waals surface area (Å²) >= 11 is 1.44. The Balaban J connectivity index is 1.90. The van der Waals surface area contributed by atoms with Crippen molar-refractivity contribution in [2.75, 3.05) is 5.75 Å². The van der Waals surface area contributed by atoms with Gasteiger partial charge in [0.05, 0.1) is 5.36 Å². The fourth-order valence-corrected chi connectivity index (χ4v) is 3.57. The number of hydrazone groups is 1. The molecule has 2 aromatic rings. The van der Waals surface area contributed by atoms with Crippen molar-refractivity contribution in [1.29, 1.82) is 0 Å². The summed E-state index contributed by atoms with van der Waals surface area (Å²) < 4.78 is 0. The molecule has 2 aromatic carbocycles. The molecule has 1 amide bonds. The zero-order valence-electron chi connectivity index (χ0n) is 14.3. The number of nitrogens with one attached hydrogen (secondary N) is 1. The number of carbonyl (C=O) groups is 1. The summed E-state index contributed by atoms with van der Waals surface area (Å²) in [7, 11) is 0. The van der Waals surface area contributed by atoms with E-state index < -0.39 is 0 Å². The van der Waals surface area contributed by atoms with E-state index in [1.807, 2.05) is 55.5 Å². The maximum Gasteiger partial charge on any atom is 0.276 e. The van der Waals surface area contributed by atoms with E-state index in [0.29, 0.717) is 16.6 Å². The maximum absolute atomic E-state index is 12.8. The van der Waals surface area contributed by atoms with Crippen LogP contribution < -0.4 is 15.9 Å². The molecule has 0 spiro atoms. The van der Waals surface area contributed by atoms with Crippen LogP contribution in [-0.2, 0) is 4.79 Å². The Kier molecular flexibility index (Phi) is 4.34. The van der Waals surface area contributed by atoms with E-state index in [1.165, 1.54) is 17.3 Å². The standard InChI is InChI=1S/C20H18N4OS/c1-3-12-26-20-22-19(25)17-15-6-4-5-7-16(15)21-18(24(17)23-20)14-10-8-13(2)9-11-14/h3-11,18H,1,12H2,2H3,(H,22,23,25). The average molecular weight is 362 g/mol. The molecule has 1 N–H and O–H groups in total. The SMILES string of the molecule is C=CCSC1=NN2C(=c3ccccc3=NC2c2ccc(C)cc2)C(=O)N1. The molecule has 2 aliphatic rings. The summed E-state index contributed by atoms with van der Waals surface area (Å²) in [5, 5.41) is 11.4. The molecule has 4 rings (SSSR count). The molecule has 26 heavy (non-hydrogen) atoms. The van der Waals surface area contributed by atoms with Crippen LogP contribution in [0, 0.1) is 6.92 Å². The molecule has 2 heterocycles. The Morgan fingerprint density at radius 2 is 2.00 bits per heavy atom. The highest BCUT2D eigenvalue weighted by atomic mass is 32.2. The number of aryl methyl sites for hydroxylation is 1. The third-order valence-electron chi connectivity index (χ3n) is 4.23. The van der Waals surface area contributed by atoms with Crippen molar-refractivity contribution in [3.8, 4) is 0 Å². The lowest BCUT2D eigenvalue weighted by molar-refractivity contribution is -0.116. The van der Waals surface area contributed by atoms with Gasteiger partial charge in [0, 0.05) is 11.0 Å². The monoisotopic (exact) mass is 362 g/mol. The Labute approximate surface area is 155 Å². The van der Waals surface area contributed by atoms with Crippen LogP contribution in [0.5, 0.6) is 0 Å². The molecule has 130 valence electrons. The molecule has 0 bridgehead atoms. The van der Waals surface area contributed by atoms with Crippen molar-refractivity contribution >= 4 is 28.5 Å². The quantitative estimate of drug-likeness (QED) is 0.851. The number of fused-ring (bicyclic) bond motifs is 2. The van der Waals surface area contributed by atoms with Crippen molar-refractivity contribution in [3.63, 3.8) is 0 Å². The first-order valence-electron chi connectivity index (χ1n) is 8.34. The van der Waals surface area contributed by atoms with Gasteiger partial charge in [-0.2, -0.15) is 0 Å². The van der Waals surface area contributed by atoms with Crippen LogP contribution in [0.2, 0.25) is 0 Å². The number of hydrogen-bond donors (Lipinski definition) is 1. The highest BCUT2D eigenvalue weighted by Gasteiger charge is 2.34. The number of rotatable bonds is 3. The summed E-state index contributed by atoms with van der Waals surface area (Å²) in [4.78, 5) is 17.7. The molecule has 0 fully saturated rings. The van der Waals surface area contributed by atoms with Gasteiger partial charge >= 0.3 is 0 Å². The van der Waals surface area contributed by atoms with Gasteiger partial charge in [-0.25, -0.2) is 5.01 Å². The molecule has 0 saturated heterocycles. The minimum absolute atomic E-state index is 0.161. The van der Waals surface area contributed by atoms with E-state index in [1.54, 1.807) is 11.1 Å². The van der Waals surface area contributed by atoms with Crippen LogP contribution in [0.3, 0.4) is 0 Å². The van der Waals surface area contributed by atoms with Crippen molar-refractivity contribution < 1.29 is 4.79 Å². The van der Waals surface area contributed by atoms with Crippen molar-refractivity contribution in [1.82, 2.24) is 10.3 Å². The van der Waals surface area contributed by atoms with Crippen LogP contribution in [0.15, 0.2) is 71.3 Å². The van der Waals surface area contributed by atoms with Crippen molar-refractivity contribution in [2.24, 2.45) is 10.1 Å². The molecule has 1 unspecified atom stereocenters. The van der Waals surface area contributed by atoms with Crippen molar-refractivity contribution in [3.05, 3.63) is 82.9 Å². The number of hydrogen-bond acceptors (Lipinski definition) is 5. The number of thioether (sulfide) groups is 1. The van der Waals surface area contributed by atoms with E-state index >= 15 is 0 Å². The average Bonchev–Trinajstić information content (AvgIpc) is 2.66. The minimum atomic E-state index is -0.370. The lowest BCUT2D eigenvalue weighted by Crippen LogP contribution is -2.50. The van der Waals surface area contributed by atoms with Gasteiger partial charge in [0.1, 0.15) is 5.70 Å². The van der Waals surface area contributed by atoms with Gasteiger partial charge in [-0.3, -0.25) is 15.1 Å². The van der Waals surface area contributed by atoms with E-state index in [9.17, 15) is 4.79 Å². The summed E-state index contributed by atoms with van der Waals surface area (Å²) in [6.07, 6.45) is 1.41. The van der Waals surface area contributed by atoms with Crippen LogP contribution >= 0.6 is 11.8 Å². The molecule has 0 aliphatic carbocycles. The first kappa shape index (κ1) is 16.6. The topological polar surface area (TPSA) is 57.1 Å². The molecule has 6 heteroatoms. The van der Waals surface area contributed by atoms with Crippen LogP contribution in [-0.4, -0.2) is 21.8 Å². The van der Waals surface area contributed by atoms with Gasteiger partial charge in [-0.1, -0.05) is 65.9 Å². The van der Waals surface area contributed by atoms with E-state index in [0.717, 1.165) is 16.1 Å². The van der Waals surface area contributed by atoms with E-state index in [-0.39, 0.29) is 12.1 Å². The van der Waals surface area contributed by atoms with Crippen molar-refractivity contribution in [2.45, 2.75) is 13.1 Å². The molecular formula is C20H18N4OS. The van der Waals surface area contributed by atoms with E-state index in [4.69, 9.17) is 4.99 Å². The molecular weight excluding hydrogens is 344 g/mol. The summed E-state index contributed by atoms with van der Waals surface area (Å²) in [6.45, 7) is 5.77. The fourth-order valence-electron chi connectivity index (χ4n) is 2.99. The third-order valence-corrected chi connectivity index (χ3v) is 5.09. The number of carbonyl (C=O) groups excluding carboxylic acids is 1. The number of para-hydroxylation sites is 1. The first-order chi connectivity index (χ1) is 12.7. The predicted molar refractivity (Wildman–Crippen MR) is 105 cm³/mol. The number of benzene rings is 2. The predicted octanol–water partition coefficient (Wildman–Crippen LogP) is 2.06. The minimum Gasteiger partial charge on any atom is -0.298 e. The van der Waals surface area contributed by atoms with Gasteiger partial charge in [0.25, 0.3) is 5.91 Å². The Hall–Kier alpha value is -2.86. The second kappa shape index (κ2) is 6.80. The Morgan fingerprint density at radius 3 is 2.77 bits per heavy atom. The van der Waals surface area contributed by atoms with Crippen LogP contribution in [0.1, 0.15) is 17.3 Å². The molecule has 0 aromatic heterocycles. The molecule has 0 saturated carbocycles. The zero-order valence-corrected chi connectivity index (χ0v) is 15.2. The Morgan fingerprint density at radius 1 is 1.23 bits per heavy atom. The van der Waals surface area contributed by atoms with Gasteiger partial charge < -0.3 is 0 Å². The first-order valence-corrected chi connectivity index (χ1v) is 9.32. The smallest absolute Gasteiger partial charge is 0.276 e. The van der Waals surface area contributed by atoms with Gasteiger partial charge in [-0.05, 0) is 18.6 Å². The highest BCUT2D eigenvalue weighted by Crippen LogP contribution is 2.30. The maximum atomic E-state index is 12.8. The fraction of sp³-hybridized carbons (Fsp3) is 0.150. The lowest BCUT2D eigenvalue weighted by atomic mass is 10.1. The zero-order chi connectivity index (χ0) is 18.1. The number of nitrogens with zero attached hydrogens (tertiary/aromatic N) is 3. The normalized spacial score (nSPS) is 18.3. The number of amides is 1. The van der Waals surface area contributed by atoms with Gasteiger partial charge in [0.15, 0.2) is 11.3 Å². The summed E-state index contributed by atoms with van der Waals surface area (Å²) in [6, 6.07) is 15.8. The highest BCUT2D eigenvalue weighted by molar-refractivity contribution is 8.14. The Bertz CT molecular complexity index is 1030. The van der Waals surface area contributed by atoms with Gasteiger partial charge in [0.2, 0.25) is 0 Å². The lowest BCUT2D eigenvalue weighted by Gasteiger charge is -2.34. The largest absolute Gasteiger partial charge is 0.298 e. The van der Waals surface area contributed by atoms with Gasteiger partial charge in [-0.15, -0.1) is 11.7 Å².